The number of hydrogen-bond acceptors (Lipinski definition) is 5. The van der Waals surface area contributed by atoms with E-state index >= 15 is 0 Å². The minimum absolute atomic E-state index is 0.0810. The lowest BCUT2D eigenvalue weighted by atomic mass is 10.0. The number of aryl methyl sites for hydroxylation is 1. The van der Waals surface area contributed by atoms with Crippen molar-refractivity contribution in [3.05, 3.63) is 95.6 Å². The van der Waals surface area contributed by atoms with E-state index in [2.05, 4.69) is 5.32 Å². The maximum absolute atomic E-state index is 13.9. The molecule has 0 saturated carbocycles. The number of nitrogens with one attached hydrogen (secondary N) is 1. The molecule has 0 aromatic heterocycles. The van der Waals surface area contributed by atoms with Gasteiger partial charge in [-0.25, -0.2) is 8.42 Å². The van der Waals surface area contributed by atoms with Crippen LogP contribution in [0.1, 0.15) is 50.3 Å². The van der Waals surface area contributed by atoms with Gasteiger partial charge in [-0.1, -0.05) is 74.0 Å². The molecule has 0 aliphatic rings. The second-order valence-corrected chi connectivity index (χ2v) is 13.1. The Labute approximate surface area is 257 Å². The van der Waals surface area contributed by atoms with Gasteiger partial charge in [-0.2, -0.15) is 0 Å². The van der Waals surface area contributed by atoms with Crippen LogP contribution in [0, 0.1) is 12.8 Å². The van der Waals surface area contributed by atoms with Crippen LogP contribution in [0.3, 0.4) is 0 Å². The number of sulfonamides is 1. The van der Waals surface area contributed by atoms with Gasteiger partial charge in [-0.3, -0.25) is 13.9 Å². The van der Waals surface area contributed by atoms with E-state index in [4.69, 9.17) is 4.74 Å². The molecule has 232 valence electrons. The predicted molar refractivity (Wildman–Crippen MR) is 173 cm³/mol. The Bertz CT molecular complexity index is 1410. The molecule has 9 heteroatoms. The lowest BCUT2D eigenvalue weighted by molar-refractivity contribution is -0.141. The first-order valence-electron chi connectivity index (χ1n) is 14.8. The molecule has 0 aliphatic heterocycles. The van der Waals surface area contributed by atoms with Crippen LogP contribution in [0.15, 0.2) is 78.9 Å². The first kappa shape index (κ1) is 33.6. The number of hydrogen-bond donors (Lipinski definition) is 1. The van der Waals surface area contributed by atoms with E-state index in [1.807, 2.05) is 82.3 Å². The number of carbonyl (C=O) groups is 2. The number of carbonyl (C=O) groups excluding carboxylic acids is 2. The molecular formula is C34H45N3O5S. The summed E-state index contributed by atoms with van der Waals surface area (Å²) >= 11 is 0. The van der Waals surface area contributed by atoms with Gasteiger partial charge in [0.05, 0.1) is 18.6 Å². The molecule has 0 fully saturated rings. The summed E-state index contributed by atoms with van der Waals surface area (Å²) in [4.78, 5) is 29.2. The van der Waals surface area contributed by atoms with Crippen LogP contribution in [0.4, 0.5) is 5.69 Å². The third-order valence-electron chi connectivity index (χ3n) is 7.02. The number of benzene rings is 3. The van der Waals surface area contributed by atoms with Crippen molar-refractivity contribution in [1.82, 2.24) is 10.2 Å². The largest absolute Gasteiger partial charge is 0.494 e. The van der Waals surface area contributed by atoms with Crippen LogP contribution in [-0.2, 0) is 32.6 Å². The second kappa shape index (κ2) is 16.1. The number of amides is 2. The molecular weight excluding hydrogens is 562 g/mol. The highest BCUT2D eigenvalue weighted by Crippen LogP contribution is 2.23. The van der Waals surface area contributed by atoms with Gasteiger partial charge in [0.1, 0.15) is 11.8 Å². The van der Waals surface area contributed by atoms with E-state index in [9.17, 15) is 18.0 Å². The van der Waals surface area contributed by atoms with E-state index < -0.39 is 16.1 Å². The first-order valence-corrected chi connectivity index (χ1v) is 16.7. The van der Waals surface area contributed by atoms with Crippen molar-refractivity contribution in [3.8, 4) is 5.75 Å². The Kier molecular flexibility index (Phi) is 12.6. The van der Waals surface area contributed by atoms with Crippen molar-refractivity contribution in [3.63, 3.8) is 0 Å². The van der Waals surface area contributed by atoms with Crippen molar-refractivity contribution < 1.29 is 22.7 Å². The fraction of sp³-hybridized carbons (Fsp3) is 0.412. The Morgan fingerprint density at radius 2 is 1.56 bits per heavy atom. The zero-order valence-corrected chi connectivity index (χ0v) is 26.8. The summed E-state index contributed by atoms with van der Waals surface area (Å²) in [5.41, 5.74) is 3.48. The minimum Gasteiger partial charge on any atom is -0.494 e. The lowest BCUT2D eigenvalue weighted by Crippen LogP contribution is -2.51. The molecule has 0 spiro atoms. The minimum atomic E-state index is -3.60. The van der Waals surface area contributed by atoms with E-state index in [1.54, 1.807) is 29.2 Å². The fourth-order valence-electron chi connectivity index (χ4n) is 4.75. The Hall–Kier alpha value is -3.85. The molecule has 0 saturated heterocycles. The van der Waals surface area contributed by atoms with Crippen molar-refractivity contribution in [2.75, 3.05) is 30.3 Å². The zero-order valence-electron chi connectivity index (χ0n) is 26.0. The molecule has 0 bridgehead atoms. The topological polar surface area (TPSA) is 96.0 Å². The normalized spacial score (nSPS) is 12.0. The Morgan fingerprint density at radius 1 is 0.907 bits per heavy atom. The van der Waals surface area contributed by atoms with Gasteiger partial charge in [0, 0.05) is 32.5 Å². The highest BCUT2D eigenvalue weighted by molar-refractivity contribution is 7.92. The summed E-state index contributed by atoms with van der Waals surface area (Å²) < 4.78 is 32.2. The molecule has 0 unspecified atom stereocenters. The quantitative estimate of drug-likeness (QED) is 0.237. The molecule has 0 heterocycles. The molecule has 0 aliphatic carbocycles. The van der Waals surface area contributed by atoms with Crippen LogP contribution in [0.5, 0.6) is 5.75 Å². The molecule has 8 nitrogen and oxygen atoms in total. The smallest absolute Gasteiger partial charge is 0.243 e. The number of nitrogens with zero attached hydrogens (tertiary/aromatic N) is 2. The van der Waals surface area contributed by atoms with Crippen LogP contribution in [0.2, 0.25) is 0 Å². The molecule has 43 heavy (non-hydrogen) atoms. The molecule has 3 rings (SSSR count). The average molecular weight is 608 g/mol. The van der Waals surface area contributed by atoms with Crippen LogP contribution in [-0.4, -0.2) is 57.1 Å². The molecule has 1 N–H and O–H groups in total. The lowest BCUT2D eigenvalue weighted by Gasteiger charge is -2.32. The summed E-state index contributed by atoms with van der Waals surface area (Å²) in [5.74, 6) is 0.500. The number of ether oxygens (including phenoxy) is 1. The van der Waals surface area contributed by atoms with E-state index in [0.29, 0.717) is 31.0 Å². The van der Waals surface area contributed by atoms with Gasteiger partial charge in [0.15, 0.2) is 0 Å². The highest BCUT2D eigenvalue weighted by Gasteiger charge is 2.30. The average Bonchev–Trinajstić information content (AvgIpc) is 2.97. The van der Waals surface area contributed by atoms with Gasteiger partial charge >= 0.3 is 0 Å². The molecule has 3 aromatic rings. The summed E-state index contributed by atoms with van der Waals surface area (Å²) in [6.07, 6.45) is 1.89. The number of rotatable bonds is 16. The van der Waals surface area contributed by atoms with E-state index in [1.165, 1.54) is 4.31 Å². The molecule has 2 amide bonds. The Balaban J connectivity index is 1.85. The van der Waals surface area contributed by atoms with Gasteiger partial charge < -0.3 is 15.0 Å². The van der Waals surface area contributed by atoms with Gasteiger partial charge in [0.2, 0.25) is 21.8 Å². The van der Waals surface area contributed by atoms with Crippen molar-refractivity contribution in [2.24, 2.45) is 5.92 Å². The van der Waals surface area contributed by atoms with Crippen molar-refractivity contribution >= 4 is 27.5 Å². The maximum atomic E-state index is 13.9. The van der Waals surface area contributed by atoms with Crippen LogP contribution < -0.4 is 14.4 Å². The summed E-state index contributed by atoms with van der Waals surface area (Å²) in [6, 6.07) is 23.7. The molecule has 3 aromatic carbocycles. The standard InChI is InChI=1S/C34H45N3O5S/c1-6-42-31-20-18-30(19-21-31)37(43(5,40)41)22-10-13-33(38)36(25-29-16-14-27(4)15-17-29)32(34(39)35-24-26(2)3)23-28-11-8-7-9-12-28/h7-9,11-12,14-21,26,32H,6,10,13,22-25H2,1-5H3,(H,35,39)/t32-/m0/s1. The van der Waals surface area contributed by atoms with Gasteiger partial charge in [-0.05, 0) is 61.6 Å². The third-order valence-corrected chi connectivity index (χ3v) is 8.21. The van der Waals surface area contributed by atoms with Gasteiger partial charge in [-0.15, -0.1) is 0 Å². The zero-order chi connectivity index (χ0) is 31.4. The molecule has 1 atom stereocenters. The summed E-state index contributed by atoms with van der Waals surface area (Å²) in [7, 11) is -3.60. The van der Waals surface area contributed by atoms with Crippen LogP contribution in [0.25, 0.3) is 0 Å². The number of anilines is 1. The molecule has 0 radical (unpaired) electrons. The van der Waals surface area contributed by atoms with Crippen molar-refractivity contribution in [1.29, 1.82) is 0 Å². The van der Waals surface area contributed by atoms with Crippen LogP contribution >= 0.6 is 0 Å². The van der Waals surface area contributed by atoms with E-state index in [0.717, 1.165) is 22.9 Å². The summed E-state index contributed by atoms with van der Waals surface area (Å²) in [5, 5.41) is 3.03. The highest BCUT2D eigenvalue weighted by atomic mass is 32.2. The van der Waals surface area contributed by atoms with Gasteiger partial charge in [0.25, 0.3) is 0 Å². The third kappa shape index (κ3) is 10.7. The SMILES string of the molecule is CCOc1ccc(N(CCCC(=O)N(Cc2ccc(C)cc2)[C@@H](Cc2ccccc2)C(=O)NCC(C)C)S(C)(=O)=O)cc1. The maximum Gasteiger partial charge on any atom is 0.243 e. The van der Waals surface area contributed by atoms with E-state index in [-0.39, 0.29) is 43.7 Å². The van der Waals surface area contributed by atoms with Crippen molar-refractivity contribution in [2.45, 2.75) is 59.5 Å². The second-order valence-electron chi connectivity index (χ2n) is 11.2. The summed E-state index contributed by atoms with van der Waals surface area (Å²) in [6.45, 7) is 9.34. The first-order chi connectivity index (χ1) is 20.5. The Morgan fingerprint density at radius 3 is 2.14 bits per heavy atom. The fourth-order valence-corrected chi connectivity index (χ4v) is 5.71. The monoisotopic (exact) mass is 607 g/mol. The predicted octanol–water partition coefficient (Wildman–Crippen LogP) is 5.35.